The minimum Gasteiger partial charge on any atom is -0.444 e. The first-order valence-electron chi connectivity index (χ1n) is 8.16. The molecule has 0 aromatic heterocycles. The van der Waals surface area contributed by atoms with Crippen molar-refractivity contribution in [3.63, 3.8) is 0 Å². The van der Waals surface area contributed by atoms with E-state index in [0.717, 1.165) is 25.0 Å². The Bertz CT molecular complexity index is 773. The fraction of sp³-hybridized carbons (Fsp3) is 0.263. The van der Waals surface area contributed by atoms with Crippen LogP contribution in [0.1, 0.15) is 34.9 Å². The van der Waals surface area contributed by atoms with Crippen LogP contribution in [0.15, 0.2) is 48.5 Å². The standard InChI is InChI=1S/C19H19FN2O3/c20-14-8-9-15(16(21)12-14)19(24)25-17(13-6-2-1-3-7-13)18(23)22-10-4-5-11-22/h1-3,6-9,12,17H,4-5,10-11,21H2/t17-/m0/s1. The van der Waals surface area contributed by atoms with E-state index in [1.54, 1.807) is 29.2 Å². The van der Waals surface area contributed by atoms with Gasteiger partial charge in [0.25, 0.3) is 5.91 Å². The molecule has 1 saturated heterocycles. The van der Waals surface area contributed by atoms with Crippen LogP contribution in [0, 0.1) is 5.82 Å². The van der Waals surface area contributed by atoms with Crippen LogP contribution in [0.2, 0.25) is 0 Å². The van der Waals surface area contributed by atoms with Crippen molar-refractivity contribution in [3.05, 3.63) is 65.5 Å². The van der Waals surface area contributed by atoms with E-state index in [0.29, 0.717) is 18.7 Å². The second-order valence-corrected chi connectivity index (χ2v) is 5.96. The van der Waals surface area contributed by atoms with Gasteiger partial charge < -0.3 is 15.4 Å². The molecule has 0 saturated carbocycles. The number of ether oxygens (including phenoxy) is 1. The van der Waals surface area contributed by atoms with E-state index in [9.17, 15) is 14.0 Å². The molecule has 2 aromatic rings. The van der Waals surface area contributed by atoms with Crippen LogP contribution in [-0.2, 0) is 9.53 Å². The molecule has 2 N–H and O–H groups in total. The van der Waals surface area contributed by atoms with Crippen molar-refractivity contribution in [2.45, 2.75) is 18.9 Å². The second kappa shape index (κ2) is 7.34. The minimum atomic E-state index is -1.05. The summed E-state index contributed by atoms with van der Waals surface area (Å²) in [7, 11) is 0. The molecule has 1 amide bonds. The van der Waals surface area contributed by atoms with Crippen LogP contribution in [0.3, 0.4) is 0 Å². The van der Waals surface area contributed by atoms with Crippen LogP contribution in [0.25, 0.3) is 0 Å². The highest BCUT2D eigenvalue weighted by Gasteiger charge is 2.31. The number of likely N-dealkylation sites (tertiary alicyclic amines) is 1. The van der Waals surface area contributed by atoms with E-state index < -0.39 is 17.9 Å². The molecular formula is C19H19FN2O3. The maximum absolute atomic E-state index is 13.2. The molecule has 3 rings (SSSR count). The fourth-order valence-electron chi connectivity index (χ4n) is 2.88. The number of carbonyl (C=O) groups excluding carboxylic acids is 2. The van der Waals surface area contributed by atoms with Gasteiger partial charge in [0.05, 0.1) is 5.56 Å². The lowest BCUT2D eigenvalue weighted by molar-refractivity contribution is -0.140. The number of nitrogens with two attached hydrogens (primary N) is 1. The molecule has 0 bridgehead atoms. The normalized spacial score (nSPS) is 15.0. The highest BCUT2D eigenvalue weighted by atomic mass is 19.1. The Morgan fingerprint density at radius 3 is 2.40 bits per heavy atom. The largest absolute Gasteiger partial charge is 0.444 e. The predicted molar refractivity (Wildman–Crippen MR) is 91.2 cm³/mol. The number of anilines is 1. The number of nitrogen functional groups attached to an aromatic ring is 1. The summed E-state index contributed by atoms with van der Waals surface area (Å²) in [5, 5.41) is 0. The van der Waals surface area contributed by atoms with Gasteiger partial charge in [-0.05, 0) is 31.0 Å². The highest BCUT2D eigenvalue weighted by molar-refractivity contribution is 5.97. The molecule has 1 heterocycles. The number of halogens is 1. The average molecular weight is 342 g/mol. The van der Waals surface area contributed by atoms with Crippen LogP contribution >= 0.6 is 0 Å². The van der Waals surface area contributed by atoms with Crippen molar-refractivity contribution in [3.8, 4) is 0 Å². The van der Waals surface area contributed by atoms with Crippen molar-refractivity contribution in [2.75, 3.05) is 18.8 Å². The summed E-state index contributed by atoms with van der Waals surface area (Å²) in [5.74, 6) is -1.54. The molecule has 0 spiro atoms. The van der Waals surface area contributed by atoms with Crippen LogP contribution < -0.4 is 5.73 Å². The number of amides is 1. The van der Waals surface area contributed by atoms with Gasteiger partial charge in [0.2, 0.25) is 6.10 Å². The van der Waals surface area contributed by atoms with E-state index in [2.05, 4.69) is 0 Å². The molecule has 1 aliphatic heterocycles. The van der Waals surface area contributed by atoms with Gasteiger partial charge in [0.1, 0.15) is 5.82 Å². The molecule has 6 heteroatoms. The summed E-state index contributed by atoms with van der Waals surface area (Å²) in [6.45, 7) is 1.30. The third-order valence-corrected chi connectivity index (χ3v) is 4.20. The Hall–Kier alpha value is -2.89. The average Bonchev–Trinajstić information content (AvgIpc) is 3.14. The molecule has 130 valence electrons. The predicted octanol–water partition coefficient (Wildman–Crippen LogP) is 2.93. The summed E-state index contributed by atoms with van der Waals surface area (Å²) < 4.78 is 18.7. The van der Waals surface area contributed by atoms with E-state index in [1.807, 2.05) is 6.07 Å². The fourth-order valence-corrected chi connectivity index (χ4v) is 2.88. The lowest BCUT2D eigenvalue weighted by Crippen LogP contribution is -2.35. The molecule has 0 radical (unpaired) electrons. The van der Waals surface area contributed by atoms with Gasteiger partial charge in [0.15, 0.2) is 0 Å². The lowest BCUT2D eigenvalue weighted by atomic mass is 10.1. The SMILES string of the molecule is Nc1cc(F)ccc1C(=O)O[C@H](C(=O)N1CCCC1)c1ccccc1. The zero-order valence-electron chi connectivity index (χ0n) is 13.7. The van der Waals surface area contributed by atoms with E-state index in [1.165, 1.54) is 6.07 Å². The van der Waals surface area contributed by atoms with E-state index >= 15 is 0 Å². The number of esters is 1. The molecule has 2 aromatic carbocycles. The van der Waals surface area contributed by atoms with E-state index in [-0.39, 0.29) is 17.2 Å². The van der Waals surface area contributed by atoms with Gasteiger partial charge in [-0.1, -0.05) is 30.3 Å². The topological polar surface area (TPSA) is 72.6 Å². The number of nitrogens with zero attached hydrogens (tertiary/aromatic N) is 1. The highest BCUT2D eigenvalue weighted by Crippen LogP contribution is 2.25. The Morgan fingerprint density at radius 1 is 1.08 bits per heavy atom. The summed E-state index contributed by atoms with van der Waals surface area (Å²) in [6.07, 6.45) is 0.828. The van der Waals surface area contributed by atoms with Crippen LogP contribution in [0.5, 0.6) is 0 Å². The molecule has 5 nitrogen and oxygen atoms in total. The molecule has 0 unspecified atom stereocenters. The van der Waals surface area contributed by atoms with Gasteiger partial charge in [-0.15, -0.1) is 0 Å². The van der Waals surface area contributed by atoms with Crippen molar-refractivity contribution in [1.29, 1.82) is 0 Å². The summed E-state index contributed by atoms with van der Waals surface area (Å²) in [4.78, 5) is 27.0. The van der Waals surface area contributed by atoms with Gasteiger partial charge in [-0.25, -0.2) is 9.18 Å². The minimum absolute atomic E-state index is 0.0227. The molecule has 1 fully saturated rings. The molecule has 1 atom stereocenters. The number of benzene rings is 2. The quantitative estimate of drug-likeness (QED) is 0.685. The Kier molecular flexibility index (Phi) is 4.97. The van der Waals surface area contributed by atoms with Crippen LogP contribution in [0.4, 0.5) is 10.1 Å². The molecule has 25 heavy (non-hydrogen) atoms. The van der Waals surface area contributed by atoms with Crippen molar-refractivity contribution >= 4 is 17.6 Å². The van der Waals surface area contributed by atoms with Gasteiger partial charge >= 0.3 is 5.97 Å². The van der Waals surface area contributed by atoms with Gasteiger partial charge in [-0.2, -0.15) is 0 Å². The molecular weight excluding hydrogens is 323 g/mol. The van der Waals surface area contributed by atoms with Crippen molar-refractivity contribution < 1.29 is 18.7 Å². The smallest absolute Gasteiger partial charge is 0.341 e. The van der Waals surface area contributed by atoms with Gasteiger partial charge in [-0.3, -0.25) is 4.79 Å². The zero-order valence-corrected chi connectivity index (χ0v) is 13.7. The Labute approximate surface area is 145 Å². The molecule has 1 aliphatic rings. The maximum Gasteiger partial charge on any atom is 0.341 e. The summed E-state index contributed by atoms with van der Waals surface area (Å²) in [5.41, 5.74) is 6.31. The van der Waals surface area contributed by atoms with Crippen LogP contribution in [-0.4, -0.2) is 29.9 Å². The first kappa shape index (κ1) is 17.0. The Balaban J connectivity index is 1.86. The maximum atomic E-state index is 13.2. The third kappa shape index (κ3) is 3.79. The number of rotatable bonds is 4. The van der Waals surface area contributed by atoms with Crippen molar-refractivity contribution in [1.82, 2.24) is 4.90 Å². The second-order valence-electron chi connectivity index (χ2n) is 5.96. The van der Waals surface area contributed by atoms with Crippen molar-refractivity contribution in [2.24, 2.45) is 0 Å². The number of carbonyl (C=O) groups is 2. The molecule has 0 aliphatic carbocycles. The third-order valence-electron chi connectivity index (χ3n) is 4.20. The number of hydrogen-bond acceptors (Lipinski definition) is 4. The first-order chi connectivity index (χ1) is 12.1. The van der Waals surface area contributed by atoms with E-state index in [4.69, 9.17) is 10.5 Å². The summed E-state index contributed by atoms with van der Waals surface area (Å²) in [6, 6.07) is 12.3. The van der Waals surface area contributed by atoms with Gasteiger partial charge in [0, 0.05) is 24.3 Å². The monoisotopic (exact) mass is 342 g/mol. The summed E-state index contributed by atoms with van der Waals surface area (Å²) >= 11 is 0. The number of hydrogen-bond donors (Lipinski definition) is 1. The zero-order chi connectivity index (χ0) is 17.8. The Morgan fingerprint density at radius 2 is 1.76 bits per heavy atom. The first-order valence-corrected chi connectivity index (χ1v) is 8.16. The lowest BCUT2D eigenvalue weighted by Gasteiger charge is -2.23.